The highest BCUT2D eigenvalue weighted by Gasteiger charge is 2.20. The first-order valence-electron chi connectivity index (χ1n) is 10.4. The summed E-state index contributed by atoms with van der Waals surface area (Å²) in [5, 5.41) is 24.3. The first-order valence-corrected chi connectivity index (χ1v) is 10.4. The molecule has 9 heteroatoms. The molecule has 0 aliphatic rings. The predicted octanol–water partition coefficient (Wildman–Crippen LogP) is 3.43. The third-order valence-electron chi connectivity index (χ3n) is 5.61. The molecule has 8 nitrogen and oxygen atoms in total. The van der Waals surface area contributed by atoms with E-state index in [4.69, 9.17) is 0 Å². The van der Waals surface area contributed by atoms with Gasteiger partial charge in [0, 0.05) is 35.3 Å². The van der Waals surface area contributed by atoms with Crippen LogP contribution in [-0.4, -0.2) is 34.5 Å². The highest BCUT2D eigenvalue weighted by molar-refractivity contribution is 5.88. The standard InChI is InChI=1S/C23H24FN5O3/c1-5-28-21(11-30)27-29(23(28)32)20-9-16-15(12(2)3)8-18(26-19(16)10-17(20)24)14-6-7-25-22(31)13(14)4/h6-10,12,30H,5,11H2,1-4H3,(H,25,31). The van der Waals surface area contributed by atoms with Crippen LogP contribution < -0.4 is 5.69 Å². The van der Waals surface area contributed by atoms with Crippen LogP contribution in [0.1, 0.15) is 43.6 Å². The van der Waals surface area contributed by atoms with Crippen LogP contribution in [0.4, 0.5) is 4.39 Å². The van der Waals surface area contributed by atoms with Crippen molar-refractivity contribution in [1.29, 1.82) is 0 Å². The molecule has 3 heterocycles. The first-order chi connectivity index (χ1) is 15.3. The molecule has 0 fully saturated rings. The van der Waals surface area contributed by atoms with Gasteiger partial charge in [-0.2, -0.15) is 4.68 Å². The van der Waals surface area contributed by atoms with E-state index in [0.29, 0.717) is 34.3 Å². The lowest BCUT2D eigenvalue weighted by Crippen LogP contribution is -2.24. The number of benzene rings is 1. The Morgan fingerprint density at radius 2 is 1.97 bits per heavy atom. The van der Waals surface area contributed by atoms with E-state index in [-0.39, 0.29) is 23.3 Å². The van der Waals surface area contributed by atoms with E-state index in [0.717, 1.165) is 10.2 Å². The van der Waals surface area contributed by atoms with Crippen molar-refractivity contribution in [3.8, 4) is 22.8 Å². The number of aliphatic hydroxyl groups is 1. The number of aromatic hydroxyl groups is 1. The molecule has 1 aromatic carbocycles. The second-order valence-electron chi connectivity index (χ2n) is 7.89. The average molecular weight is 437 g/mol. The zero-order valence-electron chi connectivity index (χ0n) is 18.3. The fourth-order valence-corrected chi connectivity index (χ4v) is 3.87. The third kappa shape index (κ3) is 3.44. The van der Waals surface area contributed by atoms with Crippen LogP contribution in [0.5, 0.6) is 5.88 Å². The zero-order valence-corrected chi connectivity index (χ0v) is 18.3. The Morgan fingerprint density at radius 1 is 1.22 bits per heavy atom. The number of rotatable bonds is 5. The van der Waals surface area contributed by atoms with E-state index >= 15 is 4.39 Å². The lowest BCUT2D eigenvalue weighted by Gasteiger charge is -2.15. The minimum absolute atomic E-state index is 0.00131. The molecule has 0 saturated carbocycles. The van der Waals surface area contributed by atoms with Gasteiger partial charge in [-0.05, 0) is 43.5 Å². The van der Waals surface area contributed by atoms with Gasteiger partial charge < -0.3 is 10.2 Å². The van der Waals surface area contributed by atoms with E-state index in [1.165, 1.54) is 16.8 Å². The van der Waals surface area contributed by atoms with E-state index in [2.05, 4.69) is 15.1 Å². The van der Waals surface area contributed by atoms with Crippen LogP contribution in [0.25, 0.3) is 27.8 Å². The number of fused-ring (bicyclic) bond motifs is 1. The Morgan fingerprint density at radius 3 is 2.59 bits per heavy atom. The first kappa shape index (κ1) is 21.6. The number of nitrogens with zero attached hydrogens (tertiary/aromatic N) is 5. The SMILES string of the molecule is CCn1c(CO)nn(-c2cc3c(C(C)C)cc(-c4ccnc(O)c4C)nc3cc2F)c1=O. The van der Waals surface area contributed by atoms with Crippen molar-refractivity contribution in [3.05, 3.63) is 63.7 Å². The van der Waals surface area contributed by atoms with Crippen molar-refractivity contribution < 1.29 is 14.6 Å². The van der Waals surface area contributed by atoms with Gasteiger partial charge in [-0.15, -0.1) is 5.10 Å². The molecule has 0 bridgehead atoms. The Labute approximate surface area is 183 Å². The molecule has 166 valence electrons. The maximum absolute atomic E-state index is 15.2. The van der Waals surface area contributed by atoms with Crippen molar-refractivity contribution in [3.63, 3.8) is 0 Å². The molecule has 0 unspecified atom stereocenters. The topological polar surface area (TPSA) is 106 Å². The quantitative estimate of drug-likeness (QED) is 0.496. The van der Waals surface area contributed by atoms with Crippen molar-refractivity contribution in [2.75, 3.05) is 0 Å². The van der Waals surface area contributed by atoms with E-state index in [1.807, 2.05) is 19.9 Å². The Kier molecular flexibility index (Phi) is 5.52. The lowest BCUT2D eigenvalue weighted by molar-refractivity contribution is 0.264. The summed E-state index contributed by atoms with van der Waals surface area (Å²) < 4.78 is 17.5. The molecule has 0 amide bonds. The second kappa shape index (κ2) is 8.16. The summed E-state index contributed by atoms with van der Waals surface area (Å²) in [7, 11) is 0. The minimum Gasteiger partial charge on any atom is -0.493 e. The van der Waals surface area contributed by atoms with Gasteiger partial charge in [0.25, 0.3) is 0 Å². The summed E-state index contributed by atoms with van der Waals surface area (Å²) in [6.07, 6.45) is 1.50. The molecule has 0 saturated heterocycles. The Balaban J connectivity index is 1.99. The van der Waals surface area contributed by atoms with Gasteiger partial charge in [0.1, 0.15) is 12.3 Å². The lowest BCUT2D eigenvalue weighted by atomic mass is 9.95. The fraction of sp³-hybridized carbons (Fsp3) is 0.304. The van der Waals surface area contributed by atoms with Gasteiger partial charge in [0.2, 0.25) is 5.88 Å². The van der Waals surface area contributed by atoms with Gasteiger partial charge in [0.15, 0.2) is 11.6 Å². The van der Waals surface area contributed by atoms with Crippen molar-refractivity contribution in [1.82, 2.24) is 24.3 Å². The molecule has 2 N–H and O–H groups in total. The van der Waals surface area contributed by atoms with E-state index in [9.17, 15) is 15.0 Å². The number of halogens is 1. The van der Waals surface area contributed by atoms with Crippen molar-refractivity contribution in [2.45, 2.75) is 46.8 Å². The van der Waals surface area contributed by atoms with Gasteiger partial charge in [-0.1, -0.05) is 13.8 Å². The average Bonchev–Trinajstić information content (AvgIpc) is 3.09. The summed E-state index contributed by atoms with van der Waals surface area (Å²) >= 11 is 0. The van der Waals surface area contributed by atoms with E-state index in [1.54, 1.807) is 26.0 Å². The molecule has 0 aliphatic heterocycles. The van der Waals surface area contributed by atoms with Crippen LogP contribution in [0.15, 0.2) is 35.3 Å². The normalized spacial score (nSPS) is 11.6. The molecule has 32 heavy (non-hydrogen) atoms. The molecular formula is C23H24FN5O3. The predicted molar refractivity (Wildman–Crippen MR) is 118 cm³/mol. The molecule has 4 rings (SSSR count). The largest absolute Gasteiger partial charge is 0.493 e. The summed E-state index contributed by atoms with van der Waals surface area (Å²) in [5.41, 5.74) is 2.70. The number of hydrogen-bond donors (Lipinski definition) is 2. The van der Waals surface area contributed by atoms with Crippen LogP contribution in [0.2, 0.25) is 0 Å². The Bertz CT molecular complexity index is 1390. The fourth-order valence-electron chi connectivity index (χ4n) is 3.87. The molecule has 0 atom stereocenters. The van der Waals surface area contributed by atoms with Crippen LogP contribution >= 0.6 is 0 Å². The maximum atomic E-state index is 15.2. The van der Waals surface area contributed by atoms with Gasteiger partial charge >= 0.3 is 5.69 Å². The number of pyridine rings is 2. The monoisotopic (exact) mass is 437 g/mol. The summed E-state index contributed by atoms with van der Waals surface area (Å²) in [4.78, 5) is 21.3. The second-order valence-corrected chi connectivity index (χ2v) is 7.89. The van der Waals surface area contributed by atoms with Gasteiger partial charge in [0.05, 0.1) is 11.2 Å². The maximum Gasteiger partial charge on any atom is 0.350 e. The van der Waals surface area contributed by atoms with Gasteiger partial charge in [-0.3, -0.25) is 4.57 Å². The third-order valence-corrected chi connectivity index (χ3v) is 5.61. The number of aliphatic hydroxyl groups excluding tert-OH is 1. The van der Waals surface area contributed by atoms with Crippen LogP contribution in [-0.2, 0) is 13.2 Å². The molecule has 3 aromatic heterocycles. The minimum atomic E-state index is -0.654. The number of aromatic nitrogens is 5. The van der Waals surface area contributed by atoms with Crippen molar-refractivity contribution in [2.24, 2.45) is 0 Å². The molecule has 4 aromatic rings. The van der Waals surface area contributed by atoms with Gasteiger partial charge in [-0.25, -0.2) is 19.2 Å². The number of hydrogen-bond acceptors (Lipinski definition) is 6. The van der Waals surface area contributed by atoms with E-state index < -0.39 is 18.1 Å². The molecule has 0 spiro atoms. The van der Waals surface area contributed by atoms with Crippen LogP contribution in [0.3, 0.4) is 0 Å². The summed E-state index contributed by atoms with van der Waals surface area (Å²) in [6, 6.07) is 6.52. The molecule has 0 aliphatic carbocycles. The summed E-state index contributed by atoms with van der Waals surface area (Å²) in [6.45, 7) is 7.42. The highest BCUT2D eigenvalue weighted by Crippen LogP contribution is 2.34. The van der Waals surface area contributed by atoms with Crippen LogP contribution in [0, 0.1) is 12.7 Å². The van der Waals surface area contributed by atoms with Crippen molar-refractivity contribution >= 4 is 10.9 Å². The molecular weight excluding hydrogens is 413 g/mol. The summed E-state index contributed by atoms with van der Waals surface area (Å²) in [5.74, 6) is -0.491. The molecule has 0 radical (unpaired) electrons. The smallest absolute Gasteiger partial charge is 0.350 e. The Hall–Kier alpha value is -3.59. The zero-order chi connectivity index (χ0) is 23.2. The highest BCUT2D eigenvalue weighted by atomic mass is 19.1.